The predicted molar refractivity (Wildman–Crippen MR) is 105 cm³/mol. The van der Waals surface area contributed by atoms with E-state index in [1.807, 2.05) is 26.0 Å². The van der Waals surface area contributed by atoms with Crippen LogP contribution in [0.25, 0.3) is 5.69 Å². The van der Waals surface area contributed by atoms with Crippen LogP contribution in [0.3, 0.4) is 0 Å². The summed E-state index contributed by atoms with van der Waals surface area (Å²) in [6.07, 6.45) is 2.69. The normalized spacial score (nSPS) is 18.4. The third-order valence-electron chi connectivity index (χ3n) is 4.77. The highest BCUT2D eigenvalue weighted by Crippen LogP contribution is 2.22. The van der Waals surface area contributed by atoms with Gasteiger partial charge in [-0.2, -0.15) is 5.10 Å². The fraction of sp³-hybridized carbons (Fsp3) is 0.444. The first-order valence-electron chi connectivity index (χ1n) is 8.75. The van der Waals surface area contributed by atoms with Gasteiger partial charge >= 0.3 is 0 Å². The van der Waals surface area contributed by atoms with Crippen LogP contribution in [-0.4, -0.2) is 53.8 Å². The summed E-state index contributed by atoms with van der Waals surface area (Å²) in [6.45, 7) is 4.55. The van der Waals surface area contributed by atoms with Crippen LogP contribution in [0.1, 0.15) is 34.6 Å². The van der Waals surface area contributed by atoms with Crippen molar-refractivity contribution in [3.8, 4) is 5.69 Å². The average molecular weight is 411 g/mol. The van der Waals surface area contributed by atoms with Gasteiger partial charge in [-0.15, -0.1) is 0 Å². The molecule has 1 unspecified atom stereocenters. The van der Waals surface area contributed by atoms with Gasteiger partial charge in [0.25, 0.3) is 5.91 Å². The number of nitrogens with one attached hydrogen (secondary N) is 1. The zero-order chi connectivity index (χ0) is 19.8. The highest BCUT2D eigenvalue weighted by Gasteiger charge is 2.27. The molecular formula is C18H23ClN4O3S. The fourth-order valence-electron chi connectivity index (χ4n) is 3.26. The summed E-state index contributed by atoms with van der Waals surface area (Å²) in [7, 11) is -3.24. The Labute approximate surface area is 164 Å². The van der Waals surface area contributed by atoms with Gasteiger partial charge in [0.1, 0.15) is 0 Å². The number of nitrogens with zero attached hydrogens (tertiary/aromatic N) is 3. The summed E-state index contributed by atoms with van der Waals surface area (Å²) in [6, 6.07) is 6.90. The van der Waals surface area contributed by atoms with Crippen LogP contribution in [0.5, 0.6) is 0 Å². The summed E-state index contributed by atoms with van der Waals surface area (Å²) >= 11 is 6.19. The molecule has 1 fully saturated rings. The Morgan fingerprint density at radius 2 is 1.93 bits per heavy atom. The van der Waals surface area contributed by atoms with Gasteiger partial charge in [0.05, 0.1) is 28.4 Å². The second kappa shape index (κ2) is 7.61. The number of carbonyl (C=O) groups excluding carboxylic acids is 1. The number of halogens is 1. The number of hydrogen-bond donors (Lipinski definition) is 1. The van der Waals surface area contributed by atoms with Crippen molar-refractivity contribution in [1.29, 1.82) is 0 Å². The van der Waals surface area contributed by atoms with Crippen molar-refractivity contribution in [1.82, 2.24) is 19.4 Å². The Hall–Kier alpha value is -1.90. The summed E-state index contributed by atoms with van der Waals surface area (Å²) in [5, 5.41) is 7.96. The van der Waals surface area contributed by atoms with Crippen LogP contribution in [-0.2, 0) is 10.0 Å². The lowest BCUT2D eigenvalue weighted by molar-refractivity contribution is 0.0921. The van der Waals surface area contributed by atoms with Gasteiger partial charge in [-0.25, -0.2) is 17.4 Å². The van der Waals surface area contributed by atoms with E-state index in [-0.39, 0.29) is 11.9 Å². The van der Waals surface area contributed by atoms with E-state index < -0.39 is 10.0 Å². The average Bonchev–Trinajstić information content (AvgIpc) is 2.89. The van der Waals surface area contributed by atoms with Crippen molar-refractivity contribution < 1.29 is 13.2 Å². The number of sulfonamides is 1. The molecule has 1 aliphatic rings. The Bertz CT molecular complexity index is 954. The Morgan fingerprint density at radius 3 is 2.48 bits per heavy atom. The summed E-state index contributed by atoms with van der Waals surface area (Å²) < 4.78 is 26.6. The molecule has 9 heteroatoms. The van der Waals surface area contributed by atoms with Crippen molar-refractivity contribution >= 4 is 27.5 Å². The van der Waals surface area contributed by atoms with Gasteiger partial charge in [0.15, 0.2) is 0 Å². The SMILES string of the molecule is Cc1nn(-c2ccc(C(=O)NC3CCCN(S(C)(=O)=O)C3)cc2)c(C)c1Cl. The lowest BCUT2D eigenvalue weighted by Gasteiger charge is -2.31. The largest absolute Gasteiger partial charge is 0.348 e. The molecule has 2 heterocycles. The molecule has 0 radical (unpaired) electrons. The van der Waals surface area contributed by atoms with Gasteiger partial charge in [-0.1, -0.05) is 11.6 Å². The van der Waals surface area contributed by atoms with E-state index in [0.29, 0.717) is 23.7 Å². The third-order valence-corrected chi connectivity index (χ3v) is 6.58. The van der Waals surface area contributed by atoms with E-state index >= 15 is 0 Å². The lowest BCUT2D eigenvalue weighted by Crippen LogP contribution is -2.49. The van der Waals surface area contributed by atoms with Gasteiger partial charge in [-0.3, -0.25) is 4.79 Å². The van der Waals surface area contributed by atoms with Crippen LogP contribution >= 0.6 is 11.6 Å². The topological polar surface area (TPSA) is 84.3 Å². The number of aryl methyl sites for hydroxylation is 1. The smallest absolute Gasteiger partial charge is 0.251 e. The number of amides is 1. The van der Waals surface area contributed by atoms with E-state index in [9.17, 15) is 13.2 Å². The molecule has 1 N–H and O–H groups in total. The summed E-state index contributed by atoms with van der Waals surface area (Å²) in [5.74, 6) is -0.215. The Morgan fingerprint density at radius 1 is 1.26 bits per heavy atom. The number of rotatable bonds is 4. The maximum atomic E-state index is 12.5. The zero-order valence-corrected chi connectivity index (χ0v) is 17.1. The molecule has 0 aliphatic carbocycles. The minimum atomic E-state index is -3.24. The zero-order valence-electron chi connectivity index (χ0n) is 15.6. The van der Waals surface area contributed by atoms with E-state index in [1.165, 1.54) is 10.6 Å². The van der Waals surface area contributed by atoms with E-state index in [0.717, 1.165) is 29.9 Å². The minimum absolute atomic E-state index is 0.185. The standard InChI is InChI=1S/C18H23ClN4O3S/c1-12-17(19)13(2)23(21-12)16-8-6-14(7-9-16)18(24)20-15-5-4-10-22(11-15)27(3,25)26/h6-9,15H,4-5,10-11H2,1-3H3,(H,20,24). The van der Waals surface area contributed by atoms with Gasteiger partial charge in [0.2, 0.25) is 10.0 Å². The van der Waals surface area contributed by atoms with E-state index in [1.54, 1.807) is 16.8 Å². The van der Waals surface area contributed by atoms with Crippen LogP contribution in [0.4, 0.5) is 0 Å². The van der Waals surface area contributed by atoms with Crippen LogP contribution in [0, 0.1) is 13.8 Å². The first-order chi connectivity index (χ1) is 12.7. The van der Waals surface area contributed by atoms with Crippen molar-refractivity contribution in [2.75, 3.05) is 19.3 Å². The van der Waals surface area contributed by atoms with Gasteiger partial charge in [0, 0.05) is 24.7 Å². The Balaban J connectivity index is 1.70. The maximum absolute atomic E-state index is 12.5. The maximum Gasteiger partial charge on any atom is 0.251 e. The Kier molecular flexibility index (Phi) is 5.60. The van der Waals surface area contributed by atoms with Crippen LogP contribution in [0.2, 0.25) is 5.02 Å². The predicted octanol–water partition coefficient (Wildman–Crippen LogP) is 2.30. The molecule has 1 aromatic carbocycles. The molecule has 0 spiro atoms. The number of hydrogen-bond acceptors (Lipinski definition) is 4. The second-order valence-electron chi connectivity index (χ2n) is 6.88. The number of carbonyl (C=O) groups is 1. The molecule has 1 amide bonds. The van der Waals surface area contributed by atoms with Gasteiger partial charge < -0.3 is 5.32 Å². The monoisotopic (exact) mass is 410 g/mol. The van der Waals surface area contributed by atoms with Crippen molar-refractivity contribution in [3.63, 3.8) is 0 Å². The second-order valence-corrected chi connectivity index (χ2v) is 9.24. The third kappa shape index (κ3) is 4.34. The summed E-state index contributed by atoms with van der Waals surface area (Å²) in [5.41, 5.74) is 2.93. The molecule has 146 valence electrons. The number of piperidine rings is 1. The van der Waals surface area contributed by atoms with Crippen molar-refractivity contribution in [3.05, 3.63) is 46.2 Å². The highest BCUT2D eigenvalue weighted by molar-refractivity contribution is 7.88. The van der Waals surface area contributed by atoms with Gasteiger partial charge in [-0.05, 0) is 51.0 Å². The van der Waals surface area contributed by atoms with Crippen molar-refractivity contribution in [2.24, 2.45) is 0 Å². The molecule has 7 nitrogen and oxygen atoms in total. The molecule has 1 aromatic heterocycles. The lowest BCUT2D eigenvalue weighted by atomic mass is 10.1. The molecule has 1 saturated heterocycles. The molecule has 27 heavy (non-hydrogen) atoms. The molecule has 1 aliphatic heterocycles. The van der Waals surface area contributed by atoms with Crippen LogP contribution in [0.15, 0.2) is 24.3 Å². The molecular weight excluding hydrogens is 388 g/mol. The van der Waals surface area contributed by atoms with Crippen molar-refractivity contribution in [2.45, 2.75) is 32.7 Å². The number of aromatic nitrogens is 2. The molecule has 0 bridgehead atoms. The van der Waals surface area contributed by atoms with E-state index in [2.05, 4.69) is 10.4 Å². The van der Waals surface area contributed by atoms with Crippen LogP contribution < -0.4 is 5.32 Å². The van der Waals surface area contributed by atoms with E-state index in [4.69, 9.17) is 11.6 Å². The summed E-state index contributed by atoms with van der Waals surface area (Å²) in [4.78, 5) is 12.5. The fourth-order valence-corrected chi connectivity index (χ4v) is 4.29. The first-order valence-corrected chi connectivity index (χ1v) is 11.0. The first kappa shape index (κ1) is 19.9. The number of benzene rings is 1. The molecule has 3 rings (SSSR count). The molecule has 1 atom stereocenters. The molecule has 2 aromatic rings. The molecule has 0 saturated carbocycles. The quantitative estimate of drug-likeness (QED) is 0.838. The highest BCUT2D eigenvalue weighted by atomic mass is 35.5. The minimum Gasteiger partial charge on any atom is -0.348 e.